The topological polar surface area (TPSA) is 38.9 Å². The van der Waals surface area contributed by atoms with Gasteiger partial charge < -0.3 is 5.73 Å². The molecule has 0 spiro atoms. The maximum Gasteiger partial charge on any atom is 0.443 e. The lowest BCUT2D eigenvalue weighted by Crippen LogP contribution is -2.03. The lowest BCUT2D eigenvalue weighted by molar-refractivity contribution is -0.137. The molecule has 0 atom stereocenters. The standard InChI is InChI=1S/C8H4BrF3N2S/c9-3-1-4(13)6-5(2-3)15-7(14-6)8(10,11)12/h1-2H,13H2. The quantitative estimate of drug-likeness (QED) is 0.754. The van der Waals surface area contributed by atoms with Crippen molar-refractivity contribution in [3.8, 4) is 0 Å². The number of nitrogens with two attached hydrogens (primary N) is 1. The van der Waals surface area contributed by atoms with Gasteiger partial charge in [-0.25, -0.2) is 4.98 Å². The molecule has 0 radical (unpaired) electrons. The minimum absolute atomic E-state index is 0.204. The zero-order chi connectivity index (χ0) is 11.2. The Balaban J connectivity index is 2.71. The monoisotopic (exact) mass is 296 g/mol. The summed E-state index contributed by atoms with van der Waals surface area (Å²) in [4.78, 5) is 3.47. The summed E-state index contributed by atoms with van der Waals surface area (Å²) in [5.74, 6) is 0. The van der Waals surface area contributed by atoms with E-state index in [-0.39, 0.29) is 11.2 Å². The number of hydrogen-bond donors (Lipinski definition) is 1. The summed E-state index contributed by atoms with van der Waals surface area (Å²) in [5, 5.41) is -0.873. The van der Waals surface area contributed by atoms with Crippen molar-refractivity contribution in [3.05, 3.63) is 21.6 Å². The molecule has 7 heteroatoms. The first-order valence-corrected chi connectivity index (χ1v) is 5.41. The van der Waals surface area contributed by atoms with Gasteiger partial charge in [-0.1, -0.05) is 15.9 Å². The number of hydrogen-bond acceptors (Lipinski definition) is 3. The van der Waals surface area contributed by atoms with Crippen molar-refractivity contribution in [2.24, 2.45) is 0 Å². The fourth-order valence-electron chi connectivity index (χ4n) is 1.14. The Morgan fingerprint density at radius 3 is 2.60 bits per heavy atom. The highest BCUT2D eigenvalue weighted by atomic mass is 79.9. The third-order valence-electron chi connectivity index (χ3n) is 1.73. The maximum absolute atomic E-state index is 12.4. The fraction of sp³-hybridized carbons (Fsp3) is 0.125. The highest BCUT2D eigenvalue weighted by molar-refractivity contribution is 9.10. The Morgan fingerprint density at radius 1 is 1.33 bits per heavy atom. The summed E-state index contributed by atoms with van der Waals surface area (Å²) in [6, 6.07) is 3.10. The normalized spacial score (nSPS) is 12.3. The fourth-order valence-corrected chi connectivity index (χ4v) is 2.68. The molecule has 0 aliphatic rings. The molecule has 0 fully saturated rings. The van der Waals surface area contributed by atoms with Gasteiger partial charge in [-0.3, -0.25) is 0 Å². The minimum atomic E-state index is -4.41. The van der Waals surface area contributed by atoms with E-state index in [2.05, 4.69) is 20.9 Å². The predicted molar refractivity (Wildman–Crippen MR) is 56.7 cm³/mol. The molecular weight excluding hydrogens is 293 g/mol. The summed E-state index contributed by atoms with van der Waals surface area (Å²) in [7, 11) is 0. The molecule has 15 heavy (non-hydrogen) atoms. The van der Waals surface area contributed by atoms with Crippen LogP contribution in [0, 0.1) is 0 Å². The van der Waals surface area contributed by atoms with E-state index in [0.29, 0.717) is 20.5 Å². The van der Waals surface area contributed by atoms with E-state index in [1.54, 1.807) is 6.07 Å². The number of nitrogens with zero attached hydrogens (tertiary/aromatic N) is 1. The molecule has 1 heterocycles. The van der Waals surface area contributed by atoms with Crippen LogP contribution in [0.15, 0.2) is 16.6 Å². The van der Waals surface area contributed by atoms with Gasteiger partial charge in [0.25, 0.3) is 0 Å². The first-order valence-electron chi connectivity index (χ1n) is 3.80. The average molecular weight is 297 g/mol. The molecule has 0 amide bonds. The van der Waals surface area contributed by atoms with Crippen LogP contribution in [0.25, 0.3) is 10.2 Å². The van der Waals surface area contributed by atoms with E-state index in [4.69, 9.17) is 5.73 Å². The Labute approximate surface area is 95.0 Å². The van der Waals surface area contributed by atoms with Gasteiger partial charge in [0.15, 0.2) is 5.01 Å². The molecule has 1 aromatic heterocycles. The maximum atomic E-state index is 12.4. The smallest absolute Gasteiger partial charge is 0.397 e. The number of halogens is 4. The van der Waals surface area contributed by atoms with Gasteiger partial charge in [0, 0.05) is 4.47 Å². The number of fused-ring (bicyclic) bond motifs is 1. The molecule has 0 bridgehead atoms. The van der Waals surface area contributed by atoms with Crippen LogP contribution in [0.2, 0.25) is 0 Å². The van der Waals surface area contributed by atoms with Crippen molar-refractivity contribution < 1.29 is 13.2 Å². The third-order valence-corrected chi connectivity index (χ3v) is 3.24. The van der Waals surface area contributed by atoms with E-state index in [9.17, 15) is 13.2 Å². The van der Waals surface area contributed by atoms with Crippen LogP contribution in [-0.2, 0) is 6.18 Å². The van der Waals surface area contributed by atoms with Gasteiger partial charge in [-0.15, -0.1) is 11.3 Å². The van der Waals surface area contributed by atoms with Crippen LogP contribution in [-0.4, -0.2) is 4.98 Å². The minimum Gasteiger partial charge on any atom is -0.397 e. The second-order valence-corrected chi connectivity index (χ2v) is 4.80. The summed E-state index contributed by atoms with van der Waals surface area (Å²) in [5.41, 5.74) is 6.01. The van der Waals surface area contributed by atoms with Gasteiger partial charge in [-0.2, -0.15) is 13.2 Å². The van der Waals surface area contributed by atoms with E-state index < -0.39 is 11.2 Å². The van der Waals surface area contributed by atoms with Crippen molar-refractivity contribution in [2.45, 2.75) is 6.18 Å². The van der Waals surface area contributed by atoms with Crippen molar-refractivity contribution in [3.63, 3.8) is 0 Å². The van der Waals surface area contributed by atoms with Crippen LogP contribution in [0.3, 0.4) is 0 Å². The summed E-state index contributed by atoms with van der Waals surface area (Å²) in [6.07, 6.45) is -4.41. The third kappa shape index (κ3) is 1.93. The molecule has 0 aliphatic carbocycles. The second-order valence-electron chi connectivity index (χ2n) is 2.86. The van der Waals surface area contributed by atoms with Crippen molar-refractivity contribution in [1.29, 1.82) is 0 Å². The molecule has 0 unspecified atom stereocenters. The SMILES string of the molecule is Nc1cc(Br)cc2sc(C(F)(F)F)nc12. The van der Waals surface area contributed by atoms with E-state index in [1.165, 1.54) is 6.07 Å². The summed E-state index contributed by atoms with van der Waals surface area (Å²) >= 11 is 3.75. The molecule has 0 saturated heterocycles. The Hall–Kier alpha value is -0.820. The Morgan fingerprint density at radius 2 is 2.00 bits per heavy atom. The summed E-state index contributed by atoms with van der Waals surface area (Å²) < 4.78 is 38.1. The number of thiazole rings is 1. The van der Waals surface area contributed by atoms with Gasteiger partial charge >= 0.3 is 6.18 Å². The number of nitrogen functional groups attached to an aromatic ring is 1. The van der Waals surface area contributed by atoms with Gasteiger partial charge in [0.2, 0.25) is 0 Å². The average Bonchev–Trinajstić information content (AvgIpc) is 2.46. The molecule has 1 aromatic carbocycles. The second kappa shape index (κ2) is 3.34. The lowest BCUT2D eigenvalue weighted by atomic mass is 10.3. The molecule has 0 aliphatic heterocycles. The van der Waals surface area contributed by atoms with Gasteiger partial charge in [0.05, 0.1) is 10.4 Å². The van der Waals surface area contributed by atoms with Crippen LogP contribution in [0.5, 0.6) is 0 Å². The number of benzene rings is 1. The molecule has 2 rings (SSSR count). The van der Waals surface area contributed by atoms with Crippen LogP contribution < -0.4 is 5.73 Å². The largest absolute Gasteiger partial charge is 0.443 e. The molecule has 2 aromatic rings. The molecule has 0 saturated carbocycles. The van der Waals surface area contributed by atoms with Crippen molar-refractivity contribution in [2.75, 3.05) is 5.73 Å². The van der Waals surface area contributed by atoms with Crippen LogP contribution in [0.1, 0.15) is 5.01 Å². The summed E-state index contributed by atoms with van der Waals surface area (Å²) in [6.45, 7) is 0. The van der Waals surface area contributed by atoms with Crippen LogP contribution in [0.4, 0.5) is 18.9 Å². The molecular formula is C8H4BrF3N2S. The number of alkyl halides is 3. The zero-order valence-corrected chi connectivity index (χ0v) is 9.50. The highest BCUT2D eigenvalue weighted by Crippen LogP contribution is 2.38. The zero-order valence-electron chi connectivity index (χ0n) is 7.10. The number of anilines is 1. The van der Waals surface area contributed by atoms with Gasteiger partial charge in [-0.05, 0) is 12.1 Å². The lowest BCUT2D eigenvalue weighted by Gasteiger charge is -1.98. The van der Waals surface area contributed by atoms with E-state index in [1.807, 2.05) is 0 Å². The predicted octanol–water partition coefficient (Wildman–Crippen LogP) is 3.66. The van der Waals surface area contributed by atoms with E-state index >= 15 is 0 Å². The molecule has 2 N–H and O–H groups in total. The van der Waals surface area contributed by atoms with E-state index in [0.717, 1.165) is 0 Å². The molecule has 2 nitrogen and oxygen atoms in total. The van der Waals surface area contributed by atoms with Gasteiger partial charge in [0.1, 0.15) is 5.52 Å². The first-order chi connectivity index (χ1) is 6.88. The Kier molecular flexibility index (Phi) is 2.38. The van der Waals surface area contributed by atoms with Crippen LogP contribution >= 0.6 is 27.3 Å². The number of rotatable bonds is 0. The highest BCUT2D eigenvalue weighted by Gasteiger charge is 2.35. The number of aromatic nitrogens is 1. The Bertz CT molecular complexity index is 520. The van der Waals surface area contributed by atoms with Crippen molar-refractivity contribution >= 4 is 43.2 Å². The first kappa shape index (κ1) is 10.7. The van der Waals surface area contributed by atoms with Crippen molar-refractivity contribution in [1.82, 2.24) is 4.98 Å². The molecule has 80 valence electrons.